The zero-order valence-corrected chi connectivity index (χ0v) is 11.7. The van der Waals surface area contributed by atoms with Crippen LogP contribution in [0.2, 0.25) is 0 Å². The molecule has 1 aromatic carbocycles. The van der Waals surface area contributed by atoms with Crippen LogP contribution >= 0.6 is 0 Å². The third kappa shape index (κ3) is 2.18. The fourth-order valence-corrected chi connectivity index (χ4v) is 3.22. The molecule has 0 aliphatic heterocycles. The van der Waals surface area contributed by atoms with Crippen LogP contribution in [0.15, 0.2) is 24.5 Å². The van der Waals surface area contributed by atoms with Crippen molar-refractivity contribution in [3.63, 3.8) is 0 Å². The quantitative estimate of drug-likeness (QED) is 0.894. The van der Waals surface area contributed by atoms with Gasteiger partial charge in [0.2, 0.25) is 0 Å². The van der Waals surface area contributed by atoms with Gasteiger partial charge in [-0.15, -0.1) is 0 Å². The molecule has 0 saturated heterocycles. The van der Waals surface area contributed by atoms with Gasteiger partial charge in [0, 0.05) is 18.7 Å². The Morgan fingerprint density at radius 2 is 2.35 bits per heavy atom. The van der Waals surface area contributed by atoms with Gasteiger partial charge in [-0.3, -0.25) is 4.79 Å². The minimum atomic E-state index is 0.0619. The van der Waals surface area contributed by atoms with E-state index in [9.17, 15) is 4.79 Å². The zero-order valence-electron chi connectivity index (χ0n) is 11.7. The van der Waals surface area contributed by atoms with Gasteiger partial charge < -0.3 is 15.6 Å². The highest BCUT2D eigenvalue weighted by Gasteiger charge is 2.32. The van der Waals surface area contributed by atoms with E-state index in [0.29, 0.717) is 18.0 Å². The molecule has 0 radical (unpaired) electrons. The van der Waals surface area contributed by atoms with Crippen LogP contribution in [-0.2, 0) is 0 Å². The molecule has 3 N–H and O–H groups in total. The Balaban J connectivity index is 1.83. The van der Waals surface area contributed by atoms with Gasteiger partial charge >= 0.3 is 0 Å². The highest BCUT2D eigenvalue weighted by molar-refractivity contribution is 5.97. The van der Waals surface area contributed by atoms with Crippen molar-refractivity contribution >= 4 is 16.9 Å². The molecule has 3 rings (SSSR count). The van der Waals surface area contributed by atoms with Crippen molar-refractivity contribution in [2.45, 2.75) is 25.3 Å². The van der Waals surface area contributed by atoms with Gasteiger partial charge in [-0.2, -0.15) is 0 Å². The van der Waals surface area contributed by atoms with Gasteiger partial charge in [0.25, 0.3) is 5.91 Å². The van der Waals surface area contributed by atoms with Crippen molar-refractivity contribution in [2.24, 2.45) is 11.7 Å². The van der Waals surface area contributed by atoms with Gasteiger partial charge in [0.1, 0.15) is 0 Å². The molecule has 2 unspecified atom stereocenters. The second kappa shape index (κ2) is 5.25. The first-order valence-corrected chi connectivity index (χ1v) is 7.11. The van der Waals surface area contributed by atoms with Crippen LogP contribution in [-0.4, -0.2) is 40.4 Å². The number of imidazole rings is 1. The van der Waals surface area contributed by atoms with E-state index in [0.717, 1.165) is 30.3 Å². The maximum atomic E-state index is 12.6. The van der Waals surface area contributed by atoms with Crippen molar-refractivity contribution in [3.8, 4) is 0 Å². The Hall–Kier alpha value is -1.88. The second-order valence-electron chi connectivity index (χ2n) is 5.54. The van der Waals surface area contributed by atoms with Gasteiger partial charge in [-0.1, -0.05) is 6.42 Å². The molecular weight excluding hydrogens is 252 g/mol. The molecule has 106 valence electrons. The predicted molar refractivity (Wildman–Crippen MR) is 78.4 cm³/mol. The topological polar surface area (TPSA) is 75.0 Å². The number of aromatic nitrogens is 2. The van der Waals surface area contributed by atoms with Crippen LogP contribution in [0.3, 0.4) is 0 Å². The Morgan fingerprint density at radius 3 is 3.15 bits per heavy atom. The number of rotatable bonds is 3. The summed E-state index contributed by atoms with van der Waals surface area (Å²) >= 11 is 0. The van der Waals surface area contributed by atoms with Crippen molar-refractivity contribution in [2.75, 3.05) is 13.6 Å². The molecule has 1 heterocycles. The molecule has 1 aromatic heterocycles. The zero-order chi connectivity index (χ0) is 14.1. The third-order valence-corrected chi connectivity index (χ3v) is 4.41. The molecule has 1 fully saturated rings. The van der Waals surface area contributed by atoms with Gasteiger partial charge in [0.15, 0.2) is 0 Å². The Morgan fingerprint density at radius 1 is 1.50 bits per heavy atom. The van der Waals surface area contributed by atoms with Crippen molar-refractivity contribution < 1.29 is 4.79 Å². The summed E-state index contributed by atoms with van der Waals surface area (Å²) in [4.78, 5) is 21.7. The molecule has 2 aromatic rings. The summed E-state index contributed by atoms with van der Waals surface area (Å²) in [5.74, 6) is 0.492. The molecule has 2 atom stereocenters. The number of nitrogens with two attached hydrogens (primary N) is 1. The average Bonchev–Trinajstić information content (AvgIpc) is 3.12. The average molecular weight is 272 g/mol. The summed E-state index contributed by atoms with van der Waals surface area (Å²) in [6.45, 7) is 0.655. The molecule has 0 spiro atoms. The number of carbonyl (C=O) groups excluding carboxylic acids is 1. The smallest absolute Gasteiger partial charge is 0.253 e. The van der Waals surface area contributed by atoms with E-state index in [1.54, 1.807) is 6.33 Å². The highest BCUT2D eigenvalue weighted by atomic mass is 16.2. The Bertz CT molecular complexity index is 621. The van der Waals surface area contributed by atoms with Crippen LogP contribution < -0.4 is 5.73 Å². The van der Waals surface area contributed by atoms with E-state index in [1.165, 1.54) is 0 Å². The molecular formula is C15H20N4O. The Labute approximate surface area is 118 Å². The SMILES string of the molecule is CN(C(=O)c1ccc2nc[nH]c2c1)C1CCCC1CN. The maximum Gasteiger partial charge on any atom is 0.253 e. The third-order valence-electron chi connectivity index (χ3n) is 4.41. The summed E-state index contributed by atoms with van der Waals surface area (Å²) in [6.07, 6.45) is 4.97. The van der Waals surface area contributed by atoms with E-state index in [-0.39, 0.29) is 11.9 Å². The summed E-state index contributed by atoms with van der Waals surface area (Å²) in [5.41, 5.74) is 8.28. The number of benzene rings is 1. The van der Waals surface area contributed by atoms with Crippen molar-refractivity contribution in [1.82, 2.24) is 14.9 Å². The first-order valence-electron chi connectivity index (χ1n) is 7.11. The monoisotopic (exact) mass is 272 g/mol. The van der Waals surface area contributed by atoms with Gasteiger partial charge in [-0.25, -0.2) is 4.98 Å². The molecule has 5 nitrogen and oxygen atoms in total. The number of amides is 1. The normalized spacial score (nSPS) is 22.3. The Kier molecular flexibility index (Phi) is 3.44. The predicted octanol–water partition coefficient (Wildman–Crippen LogP) is 1.76. The summed E-state index contributed by atoms with van der Waals surface area (Å²) in [7, 11) is 1.89. The van der Waals surface area contributed by atoms with E-state index in [2.05, 4.69) is 9.97 Å². The number of hydrogen-bond acceptors (Lipinski definition) is 3. The van der Waals surface area contributed by atoms with Crippen LogP contribution in [0.4, 0.5) is 0 Å². The van der Waals surface area contributed by atoms with E-state index < -0.39 is 0 Å². The largest absolute Gasteiger partial charge is 0.345 e. The van der Waals surface area contributed by atoms with E-state index >= 15 is 0 Å². The van der Waals surface area contributed by atoms with Crippen LogP contribution in [0.25, 0.3) is 11.0 Å². The second-order valence-corrected chi connectivity index (χ2v) is 5.54. The lowest BCUT2D eigenvalue weighted by Crippen LogP contribution is -2.41. The molecule has 5 heteroatoms. The maximum absolute atomic E-state index is 12.6. The van der Waals surface area contributed by atoms with Crippen molar-refractivity contribution in [1.29, 1.82) is 0 Å². The molecule has 1 aliphatic rings. The molecule has 20 heavy (non-hydrogen) atoms. The van der Waals surface area contributed by atoms with Gasteiger partial charge in [0.05, 0.1) is 17.4 Å². The lowest BCUT2D eigenvalue weighted by molar-refractivity contribution is 0.0700. The van der Waals surface area contributed by atoms with Crippen LogP contribution in [0, 0.1) is 5.92 Å². The molecule has 1 amide bonds. The summed E-state index contributed by atoms with van der Waals surface area (Å²) < 4.78 is 0. The first kappa shape index (κ1) is 13.1. The van der Waals surface area contributed by atoms with Crippen molar-refractivity contribution in [3.05, 3.63) is 30.1 Å². The van der Waals surface area contributed by atoms with Crippen LogP contribution in [0.5, 0.6) is 0 Å². The number of fused-ring (bicyclic) bond motifs is 1. The lowest BCUT2D eigenvalue weighted by Gasteiger charge is -2.29. The number of H-pyrrole nitrogens is 1. The number of aromatic amines is 1. The summed E-state index contributed by atoms with van der Waals surface area (Å²) in [5, 5.41) is 0. The minimum absolute atomic E-state index is 0.0619. The fraction of sp³-hybridized carbons (Fsp3) is 0.467. The highest BCUT2D eigenvalue weighted by Crippen LogP contribution is 2.29. The minimum Gasteiger partial charge on any atom is -0.345 e. The number of nitrogens with one attached hydrogen (secondary N) is 1. The van der Waals surface area contributed by atoms with Gasteiger partial charge in [-0.05, 0) is 43.5 Å². The van der Waals surface area contributed by atoms with E-state index in [1.807, 2.05) is 30.1 Å². The molecule has 0 bridgehead atoms. The van der Waals surface area contributed by atoms with E-state index in [4.69, 9.17) is 5.73 Å². The fourth-order valence-electron chi connectivity index (χ4n) is 3.22. The molecule has 1 aliphatic carbocycles. The summed E-state index contributed by atoms with van der Waals surface area (Å²) in [6, 6.07) is 5.86. The first-order chi connectivity index (χ1) is 9.70. The molecule has 1 saturated carbocycles. The standard InChI is InChI=1S/C15H20N4O/c1-19(14-4-2-3-11(14)8-16)15(20)10-5-6-12-13(7-10)18-9-17-12/h5-7,9,11,14H,2-4,8,16H2,1H3,(H,17,18). The number of hydrogen-bond donors (Lipinski definition) is 2. The number of nitrogens with zero attached hydrogens (tertiary/aromatic N) is 2. The van der Waals surface area contributed by atoms with Crippen LogP contribution in [0.1, 0.15) is 29.6 Å². The number of carbonyl (C=O) groups is 1. The lowest BCUT2D eigenvalue weighted by atomic mass is 10.0.